The van der Waals surface area contributed by atoms with E-state index in [0.29, 0.717) is 6.54 Å². The second-order valence-corrected chi connectivity index (χ2v) is 4.40. The first-order chi connectivity index (χ1) is 7.54. The van der Waals surface area contributed by atoms with Crippen molar-refractivity contribution in [2.24, 2.45) is 5.92 Å². The van der Waals surface area contributed by atoms with Crippen LogP contribution in [0.25, 0.3) is 0 Å². The van der Waals surface area contributed by atoms with E-state index in [1.54, 1.807) is 11.8 Å². The average molecular weight is 228 g/mol. The van der Waals surface area contributed by atoms with E-state index in [9.17, 15) is 9.59 Å². The SMILES string of the molecule is CC(=O)N1CCCC(C(=O)N[C@H](C)CO)C1. The fourth-order valence-electron chi connectivity index (χ4n) is 1.88. The summed E-state index contributed by atoms with van der Waals surface area (Å²) in [4.78, 5) is 24.7. The Hall–Kier alpha value is -1.10. The van der Waals surface area contributed by atoms with Gasteiger partial charge in [0.05, 0.1) is 12.5 Å². The quantitative estimate of drug-likeness (QED) is 0.699. The number of carbonyl (C=O) groups is 2. The molecule has 1 unspecified atom stereocenters. The zero-order valence-corrected chi connectivity index (χ0v) is 9.90. The first-order valence-corrected chi connectivity index (χ1v) is 5.71. The Morgan fingerprint density at radius 2 is 2.25 bits per heavy atom. The standard InChI is InChI=1S/C11H20N2O3/c1-8(7-14)12-11(16)10-4-3-5-13(6-10)9(2)15/h8,10,14H,3-7H2,1-2H3,(H,12,16)/t8-,10?/m1/s1. The minimum absolute atomic E-state index is 0.0210. The van der Waals surface area contributed by atoms with Gasteiger partial charge in [-0.05, 0) is 19.8 Å². The van der Waals surface area contributed by atoms with Crippen LogP contribution < -0.4 is 5.32 Å². The molecule has 5 heteroatoms. The molecule has 1 rings (SSSR count). The minimum Gasteiger partial charge on any atom is -0.394 e. The van der Waals surface area contributed by atoms with Gasteiger partial charge >= 0.3 is 0 Å². The molecule has 0 spiro atoms. The number of carbonyl (C=O) groups excluding carboxylic acids is 2. The van der Waals surface area contributed by atoms with Gasteiger partial charge in [-0.3, -0.25) is 9.59 Å². The summed E-state index contributed by atoms with van der Waals surface area (Å²) in [5.41, 5.74) is 0. The van der Waals surface area contributed by atoms with Crippen molar-refractivity contribution >= 4 is 11.8 Å². The van der Waals surface area contributed by atoms with Crippen molar-refractivity contribution in [2.75, 3.05) is 19.7 Å². The van der Waals surface area contributed by atoms with Gasteiger partial charge in [-0.25, -0.2) is 0 Å². The number of rotatable bonds is 3. The van der Waals surface area contributed by atoms with Crippen LogP contribution in [-0.4, -0.2) is 47.6 Å². The van der Waals surface area contributed by atoms with Gasteiger partial charge in [0.25, 0.3) is 0 Å². The molecule has 2 N–H and O–H groups in total. The van der Waals surface area contributed by atoms with E-state index >= 15 is 0 Å². The first kappa shape index (κ1) is 13.0. The van der Waals surface area contributed by atoms with Crippen molar-refractivity contribution in [1.82, 2.24) is 10.2 Å². The summed E-state index contributed by atoms with van der Waals surface area (Å²) in [6, 6.07) is -0.222. The lowest BCUT2D eigenvalue weighted by Crippen LogP contribution is -2.47. The van der Waals surface area contributed by atoms with Crippen LogP contribution in [0.5, 0.6) is 0 Å². The second kappa shape index (κ2) is 5.84. The highest BCUT2D eigenvalue weighted by molar-refractivity contribution is 5.80. The van der Waals surface area contributed by atoms with Crippen molar-refractivity contribution in [3.63, 3.8) is 0 Å². The molecule has 1 aliphatic rings. The molecule has 0 aromatic rings. The summed E-state index contributed by atoms with van der Waals surface area (Å²) in [6.07, 6.45) is 1.68. The zero-order chi connectivity index (χ0) is 12.1. The molecule has 16 heavy (non-hydrogen) atoms. The van der Waals surface area contributed by atoms with Gasteiger partial charge in [0.15, 0.2) is 0 Å². The smallest absolute Gasteiger partial charge is 0.225 e. The van der Waals surface area contributed by atoms with Crippen LogP contribution in [0.15, 0.2) is 0 Å². The predicted octanol–water partition coefficient (Wildman–Crippen LogP) is -0.258. The number of aliphatic hydroxyl groups excluding tert-OH is 1. The van der Waals surface area contributed by atoms with E-state index < -0.39 is 0 Å². The van der Waals surface area contributed by atoms with E-state index in [4.69, 9.17) is 5.11 Å². The Balaban J connectivity index is 2.47. The van der Waals surface area contributed by atoms with Crippen LogP contribution in [0.1, 0.15) is 26.7 Å². The number of amides is 2. The highest BCUT2D eigenvalue weighted by Crippen LogP contribution is 2.16. The summed E-state index contributed by atoms with van der Waals surface area (Å²) < 4.78 is 0. The summed E-state index contributed by atoms with van der Waals surface area (Å²) in [5, 5.41) is 11.6. The van der Waals surface area contributed by atoms with Crippen molar-refractivity contribution < 1.29 is 14.7 Å². The van der Waals surface area contributed by atoms with E-state index in [2.05, 4.69) is 5.32 Å². The maximum absolute atomic E-state index is 11.8. The van der Waals surface area contributed by atoms with Gasteiger partial charge in [-0.2, -0.15) is 0 Å². The Bertz CT molecular complexity index is 268. The fourth-order valence-corrected chi connectivity index (χ4v) is 1.88. The molecule has 0 bridgehead atoms. The molecule has 2 amide bonds. The number of nitrogens with zero attached hydrogens (tertiary/aromatic N) is 1. The summed E-state index contributed by atoms with van der Waals surface area (Å²) in [5.74, 6) is -0.174. The van der Waals surface area contributed by atoms with Gasteiger partial charge in [0.2, 0.25) is 11.8 Å². The number of likely N-dealkylation sites (tertiary alicyclic amines) is 1. The fraction of sp³-hybridized carbons (Fsp3) is 0.818. The Kier molecular flexibility index (Phi) is 4.73. The van der Waals surface area contributed by atoms with Crippen molar-refractivity contribution in [3.8, 4) is 0 Å². The molecule has 92 valence electrons. The molecule has 2 atom stereocenters. The molecule has 5 nitrogen and oxygen atoms in total. The maximum atomic E-state index is 11.8. The van der Waals surface area contributed by atoms with Crippen LogP contribution in [0.3, 0.4) is 0 Å². The summed E-state index contributed by atoms with van der Waals surface area (Å²) >= 11 is 0. The number of hydrogen-bond acceptors (Lipinski definition) is 3. The van der Waals surface area contributed by atoms with Gasteiger partial charge in [-0.1, -0.05) is 0 Å². The first-order valence-electron chi connectivity index (χ1n) is 5.71. The third kappa shape index (κ3) is 3.48. The van der Waals surface area contributed by atoms with Crippen molar-refractivity contribution in [1.29, 1.82) is 0 Å². The Labute approximate surface area is 95.8 Å². The van der Waals surface area contributed by atoms with Gasteiger partial charge < -0.3 is 15.3 Å². The summed E-state index contributed by atoms with van der Waals surface area (Å²) in [6.45, 7) is 4.46. The summed E-state index contributed by atoms with van der Waals surface area (Å²) in [7, 11) is 0. The van der Waals surface area contributed by atoms with Crippen LogP contribution in [0.4, 0.5) is 0 Å². The Morgan fingerprint density at radius 1 is 1.56 bits per heavy atom. The number of aliphatic hydroxyl groups is 1. The highest BCUT2D eigenvalue weighted by Gasteiger charge is 2.27. The Morgan fingerprint density at radius 3 is 2.81 bits per heavy atom. The van der Waals surface area contributed by atoms with Crippen molar-refractivity contribution in [3.05, 3.63) is 0 Å². The molecule has 0 aromatic carbocycles. The van der Waals surface area contributed by atoms with E-state index in [1.165, 1.54) is 6.92 Å². The molecule has 0 aromatic heterocycles. The van der Waals surface area contributed by atoms with E-state index in [1.807, 2.05) is 0 Å². The van der Waals surface area contributed by atoms with Gasteiger partial charge in [0, 0.05) is 26.1 Å². The third-order valence-corrected chi connectivity index (χ3v) is 2.90. The monoisotopic (exact) mass is 228 g/mol. The molecule has 1 fully saturated rings. The predicted molar refractivity (Wildman–Crippen MR) is 59.7 cm³/mol. The van der Waals surface area contributed by atoms with Crippen LogP contribution in [-0.2, 0) is 9.59 Å². The zero-order valence-electron chi connectivity index (χ0n) is 9.90. The van der Waals surface area contributed by atoms with Gasteiger partial charge in [0.1, 0.15) is 0 Å². The molecular weight excluding hydrogens is 208 g/mol. The average Bonchev–Trinajstić information content (AvgIpc) is 2.28. The lowest BCUT2D eigenvalue weighted by Gasteiger charge is -2.31. The molecule has 1 aliphatic heterocycles. The molecule has 0 radical (unpaired) electrons. The minimum atomic E-state index is -0.222. The highest BCUT2D eigenvalue weighted by atomic mass is 16.3. The lowest BCUT2D eigenvalue weighted by molar-refractivity contribution is -0.134. The molecule has 1 heterocycles. The maximum Gasteiger partial charge on any atom is 0.225 e. The lowest BCUT2D eigenvalue weighted by atomic mass is 9.97. The molecule has 1 saturated heterocycles. The normalized spacial score (nSPS) is 22.7. The molecular formula is C11H20N2O3. The van der Waals surface area contributed by atoms with Crippen molar-refractivity contribution in [2.45, 2.75) is 32.7 Å². The van der Waals surface area contributed by atoms with E-state index in [0.717, 1.165) is 19.4 Å². The molecule has 0 aliphatic carbocycles. The largest absolute Gasteiger partial charge is 0.394 e. The van der Waals surface area contributed by atoms with Gasteiger partial charge in [-0.15, -0.1) is 0 Å². The molecule has 0 saturated carbocycles. The number of piperidine rings is 1. The van der Waals surface area contributed by atoms with E-state index in [-0.39, 0.29) is 30.4 Å². The van der Waals surface area contributed by atoms with Crippen LogP contribution in [0.2, 0.25) is 0 Å². The third-order valence-electron chi connectivity index (χ3n) is 2.90. The van der Waals surface area contributed by atoms with Crippen LogP contribution in [0, 0.1) is 5.92 Å². The van der Waals surface area contributed by atoms with Crippen LogP contribution >= 0.6 is 0 Å². The number of hydrogen-bond donors (Lipinski definition) is 2. The second-order valence-electron chi connectivity index (χ2n) is 4.40. The number of nitrogens with one attached hydrogen (secondary N) is 1. The topological polar surface area (TPSA) is 69.6 Å².